The molecule has 0 radical (unpaired) electrons. The Morgan fingerprint density at radius 2 is 2.29 bits per heavy atom. The summed E-state index contributed by atoms with van der Waals surface area (Å²) in [5.41, 5.74) is 5.79. The maximum atomic E-state index is 3.67. The molecular weight excluding hydrogens is 208 g/mol. The van der Waals surface area contributed by atoms with Gasteiger partial charge in [-0.25, -0.2) is 0 Å². The first-order chi connectivity index (χ1) is 8.31. The van der Waals surface area contributed by atoms with Gasteiger partial charge in [0.15, 0.2) is 0 Å². The minimum absolute atomic E-state index is 0.750. The van der Waals surface area contributed by atoms with Crippen molar-refractivity contribution in [1.82, 2.24) is 9.88 Å². The lowest BCUT2D eigenvalue weighted by Crippen LogP contribution is -2.38. The molecule has 2 aliphatic rings. The number of hydrogen-bond acceptors (Lipinski definition) is 1. The van der Waals surface area contributed by atoms with E-state index in [0.717, 1.165) is 12.5 Å². The number of nitrogens with zero attached hydrogens (tertiary/aromatic N) is 1. The molecule has 2 heteroatoms. The summed E-state index contributed by atoms with van der Waals surface area (Å²) < 4.78 is 0. The summed E-state index contributed by atoms with van der Waals surface area (Å²) in [6.45, 7) is 5.88. The fourth-order valence-corrected chi connectivity index (χ4v) is 3.56. The Balaban J connectivity index is 1.97. The van der Waals surface area contributed by atoms with Crippen LogP contribution in [-0.2, 0) is 6.54 Å². The van der Waals surface area contributed by atoms with Gasteiger partial charge < -0.3 is 4.98 Å². The molecule has 1 aromatic heterocycles. The van der Waals surface area contributed by atoms with Crippen LogP contribution in [0.5, 0.6) is 0 Å². The predicted octanol–water partition coefficient (Wildman–Crippen LogP) is 3.17. The Hall–Kier alpha value is -1.28. The zero-order valence-electron chi connectivity index (χ0n) is 10.3. The van der Waals surface area contributed by atoms with Crippen molar-refractivity contribution in [1.29, 1.82) is 0 Å². The zero-order chi connectivity index (χ0) is 11.4. The molecule has 2 atom stereocenters. The van der Waals surface area contributed by atoms with Gasteiger partial charge in [0.2, 0.25) is 0 Å². The van der Waals surface area contributed by atoms with E-state index in [0.29, 0.717) is 0 Å². The lowest BCUT2D eigenvalue weighted by atomic mass is 9.88. The molecule has 2 aromatic rings. The van der Waals surface area contributed by atoms with Crippen molar-refractivity contribution in [2.45, 2.75) is 32.2 Å². The molecule has 1 N–H and O–H groups in total. The summed E-state index contributed by atoms with van der Waals surface area (Å²) in [7, 11) is 0. The molecule has 1 aromatic carbocycles. The van der Waals surface area contributed by atoms with Crippen molar-refractivity contribution in [2.75, 3.05) is 13.1 Å². The summed E-state index contributed by atoms with van der Waals surface area (Å²) in [4.78, 5) is 6.29. The van der Waals surface area contributed by atoms with Crippen LogP contribution in [0.2, 0.25) is 0 Å². The van der Waals surface area contributed by atoms with Crippen LogP contribution in [0.4, 0.5) is 0 Å². The van der Waals surface area contributed by atoms with Crippen LogP contribution in [0.1, 0.15) is 35.6 Å². The van der Waals surface area contributed by atoms with E-state index in [4.69, 9.17) is 0 Å². The summed E-state index contributed by atoms with van der Waals surface area (Å²) in [6.07, 6.45) is 2.72. The van der Waals surface area contributed by atoms with E-state index in [9.17, 15) is 0 Å². The first-order valence-corrected chi connectivity index (χ1v) is 6.65. The van der Waals surface area contributed by atoms with Crippen molar-refractivity contribution < 1.29 is 0 Å². The molecule has 17 heavy (non-hydrogen) atoms. The maximum Gasteiger partial charge on any atom is 0.0459 e. The van der Waals surface area contributed by atoms with Crippen LogP contribution in [0.25, 0.3) is 10.9 Å². The molecule has 2 bridgehead atoms. The molecule has 4 rings (SSSR count). The number of H-pyrrole nitrogens is 1. The van der Waals surface area contributed by atoms with Gasteiger partial charge in [0.1, 0.15) is 0 Å². The van der Waals surface area contributed by atoms with E-state index in [-0.39, 0.29) is 0 Å². The molecule has 1 fully saturated rings. The lowest BCUT2D eigenvalue weighted by Gasteiger charge is -2.37. The number of benzene rings is 1. The van der Waals surface area contributed by atoms with Gasteiger partial charge in [-0.1, -0.05) is 11.6 Å². The molecule has 0 aliphatic carbocycles. The largest absolute Gasteiger partial charge is 0.358 e. The normalized spacial score (nSPS) is 27.1. The van der Waals surface area contributed by atoms with Gasteiger partial charge in [-0.3, -0.25) is 4.90 Å². The van der Waals surface area contributed by atoms with E-state index in [1.54, 1.807) is 5.56 Å². The van der Waals surface area contributed by atoms with Crippen LogP contribution >= 0.6 is 0 Å². The van der Waals surface area contributed by atoms with Gasteiger partial charge in [0, 0.05) is 35.6 Å². The highest BCUT2D eigenvalue weighted by Gasteiger charge is 2.31. The number of aromatic nitrogens is 1. The predicted molar refractivity (Wildman–Crippen MR) is 70.3 cm³/mol. The van der Waals surface area contributed by atoms with Crippen LogP contribution in [0, 0.1) is 6.92 Å². The van der Waals surface area contributed by atoms with Crippen molar-refractivity contribution >= 4 is 10.9 Å². The molecule has 2 unspecified atom stereocenters. The molecule has 3 heterocycles. The SMILES string of the molecule is Cc1ccc2[nH]c3c(c2c1)CN1CCCC3C1. The monoisotopic (exact) mass is 226 g/mol. The third kappa shape index (κ3) is 1.37. The van der Waals surface area contributed by atoms with Gasteiger partial charge in [-0.15, -0.1) is 0 Å². The van der Waals surface area contributed by atoms with Gasteiger partial charge in [-0.2, -0.15) is 0 Å². The van der Waals surface area contributed by atoms with Crippen molar-refractivity contribution in [3.63, 3.8) is 0 Å². The highest BCUT2D eigenvalue weighted by Crippen LogP contribution is 2.38. The first-order valence-electron chi connectivity index (χ1n) is 6.65. The molecule has 2 aliphatic heterocycles. The smallest absolute Gasteiger partial charge is 0.0459 e. The molecule has 2 nitrogen and oxygen atoms in total. The van der Waals surface area contributed by atoms with Gasteiger partial charge in [0.05, 0.1) is 0 Å². The standard InChI is InChI=1S/C15H18N2/c1-10-4-5-14-12(7-10)13-9-17-6-2-3-11(8-17)15(13)16-14/h4-5,7,11,16H,2-3,6,8-9H2,1H3. The van der Waals surface area contributed by atoms with Crippen LogP contribution in [-0.4, -0.2) is 23.0 Å². The van der Waals surface area contributed by atoms with E-state index >= 15 is 0 Å². The average Bonchev–Trinajstić information content (AvgIpc) is 2.68. The second-order valence-corrected chi connectivity index (χ2v) is 5.64. The number of aryl methyl sites for hydroxylation is 1. The molecule has 0 spiro atoms. The van der Waals surface area contributed by atoms with E-state index in [1.165, 1.54) is 48.1 Å². The molecule has 1 saturated heterocycles. The van der Waals surface area contributed by atoms with Gasteiger partial charge in [0.25, 0.3) is 0 Å². The van der Waals surface area contributed by atoms with Gasteiger partial charge in [-0.05, 0) is 44.0 Å². The summed E-state index contributed by atoms with van der Waals surface area (Å²) >= 11 is 0. The average molecular weight is 226 g/mol. The number of piperidine rings is 1. The van der Waals surface area contributed by atoms with Crippen molar-refractivity contribution in [3.05, 3.63) is 35.0 Å². The quantitative estimate of drug-likeness (QED) is 0.731. The molecule has 88 valence electrons. The number of fused-ring (bicyclic) bond motifs is 6. The Labute approximate surface area is 102 Å². The Bertz CT molecular complexity index is 582. The van der Waals surface area contributed by atoms with E-state index in [1.807, 2.05) is 0 Å². The second kappa shape index (κ2) is 3.36. The third-order valence-electron chi connectivity index (χ3n) is 4.39. The fraction of sp³-hybridized carbons (Fsp3) is 0.467. The summed E-state index contributed by atoms with van der Waals surface area (Å²) in [5.74, 6) is 0.750. The zero-order valence-corrected chi connectivity index (χ0v) is 10.3. The Morgan fingerprint density at radius 3 is 3.24 bits per heavy atom. The highest BCUT2D eigenvalue weighted by molar-refractivity contribution is 5.85. The van der Waals surface area contributed by atoms with Crippen LogP contribution < -0.4 is 0 Å². The van der Waals surface area contributed by atoms with E-state index < -0.39 is 0 Å². The summed E-state index contributed by atoms with van der Waals surface area (Å²) in [5, 5.41) is 1.46. The van der Waals surface area contributed by atoms with Gasteiger partial charge >= 0.3 is 0 Å². The first kappa shape index (κ1) is 9.72. The minimum atomic E-state index is 0.750. The highest BCUT2D eigenvalue weighted by atomic mass is 15.1. The lowest BCUT2D eigenvalue weighted by molar-refractivity contribution is 0.181. The third-order valence-corrected chi connectivity index (χ3v) is 4.39. The second-order valence-electron chi connectivity index (χ2n) is 5.64. The Morgan fingerprint density at radius 1 is 1.35 bits per heavy atom. The number of rotatable bonds is 0. The number of nitrogens with one attached hydrogen (secondary N) is 1. The maximum absolute atomic E-state index is 3.67. The molecule has 0 saturated carbocycles. The fourth-order valence-electron chi connectivity index (χ4n) is 3.56. The summed E-state index contributed by atoms with van der Waals surface area (Å²) in [6, 6.07) is 6.78. The number of aromatic amines is 1. The molecule has 0 amide bonds. The topological polar surface area (TPSA) is 19.0 Å². The van der Waals surface area contributed by atoms with Crippen LogP contribution in [0.3, 0.4) is 0 Å². The Kier molecular flexibility index (Phi) is 1.92. The van der Waals surface area contributed by atoms with E-state index in [2.05, 4.69) is 35.0 Å². The minimum Gasteiger partial charge on any atom is -0.358 e. The molecular formula is C15H18N2. The number of hydrogen-bond donors (Lipinski definition) is 1. The van der Waals surface area contributed by atoms with Crippen molar-refractivity contribution in [3.8, 4) is 0 Å². The van der Waals surface area contributed by atoms with Crippen LogP contribution in [0.15, 0.2) is 18.2 Å². The van der Waals surface area contributed by atoms with Crippen molar-refractivity contribution in [2.24, 2.45) is 0 Å².